The van der Waals surface area contributed by atoms with E-state index >= 15 is 0 Å². The summed E-state index contributed by atoms with van der Waals surface area (Å²) in [6, 6.07) is 6.66. The average molecular weight is 296 g/mol. The number of hydrogen-bond acceptors (Lipinski definition) is 4. The molecular weight excluding hydrogens is 282 g/mol. The van der Waals surface area contributed by atoms with Crippen LogP contribution in [0.4, 0.5) is 4.79 Å². The maximum Gasteiger partial charge on any atom is 0.315 e. The van der Waals surface area contributed by atoms with Crippen molar-refractivity contribution in [3.63, 3.8) is 0 Å². The first-order valence-electron chi connectivity index (χ1n) is 6.03. The molecular formula is C13H14ClN3O3. The molecule has 0 fully saturated rings. The Hall–Kier alpha value is -2.21. The monoisotopic (exact) mass is 295 g/mol. The molecule has 0 saturated carbocycles. The van der Waals surface area contributed by atoms with E-state index in [0.717, 1.165) is 0 Å². The summed E-state index contributed by atoms with van der Waals surface area (Å²) < 4.78 is 10.4. The summed E-state index contributed by atoms with van der Waals surface area (Å²) in [6.45, 7) is 0.966. The topological polar surface area (TPSA) is 76.4 Å². The van der Waals surface area contributed by atoms with Crippen LogP contribution in [0.5, 0.6) is 5.88 Å². The van der Waals surface area contributed by atoms with Crippen molar-refractivity contribution in [3.8, 4) is 5.88 Å². The van der Waals surface area contributed by atoms with E-state index in [0.29, 0.717) is 29.8 Å². The van der Waals surface area contributed by atoms with Crippen molar-refractivity contribution in [2.24, 2.45) is 0 Å². The lowest BCUT2D eigenvalue weighted by Crippen LogP contribution is -2.37. The van der Waals surface area contributed by atoms with Crippen molar-refractivity contribution in [1.29, 1.82) is 0 Å². The Bertz CT molecular complexity index is 546. The highest BCUT2D eigenvalue weighted by molar-refractivity contribution is 6.31. The highest BCUT2D eigenvalue weighted by atomic mass is 35.5. The minimum Gasteiger partial charge on any atom is -0.475 e. The molecule has 0 radical (unpaired) electrons. The molecule has 0 spiro atoms. The number of carbonyl (C=O) groups is 1. The number of hydrogen-bond donors (Lipinski definition) is 2. The summed E-state index contributed by atoms with van der Waals surface area (Å²) >= 11 is 5.87. The first-order valence-corrected chi connectivity index (χ1v) is 6.41. The van der Waals surface area contributed by atoms with Crippen LogP contribution in [0.15, 0.2) is 41.1 Å². The van der Waals surface area contributed by atoms with Crippen molar-refractivity contribution < 1.29 is 13.9 Å². The number of amides is 2. The van der Waals surface area contributed by atoms with Gasteiger partial charge >= 0.3 is 6.03 Å². The number of carbonyl (C=O) groups excluding carboxylic acids is 1. The SMILES string of the molecule is O=C(NCCOc1ncccc1Cl)NCc1ccco1. The van der Waals surface area contributed by atoms with Gasteiger partial charge in [0, 0.05) is 6.20 Å². The number of furan rings is 1. The molecule has 0 aliphatic heterocycles. The lowest BCUT2D eigenvalue weighted by molar-refractivity contribution is 0.234. The Kier molecular flexibility index (Phi) is 5.25. The number of nitrogens with zero attached hydrogens (tertiary/aromatic N) is 1. The minimum atomic E-state index is -0.294. The molecule has 0 bridgehead atoms. The molecule has 2 heterocycles. The third-order valence-electron chi connectivity index (χ3n) is 2.35. The molecule has 2 aromatic heterocycles. The molecule has 0 atom stereocenters. The molecule has 2 amide bonds. The van der Waals surface area contributed by atoms with Crippen LogP contribution in [0.25, 0.3) is 0 Å². The van der Waals surface area contributed by atoms with Gasteiger partial charge in [0.2, 0.25) is 5.88 Å². The van der Waals surface area contributed by atoms with E-state index in [2.05, 4.69) is 15.6 Å². The van der Waals surface area contributed by atoms with Crippen molar-refractivity contribution in [3.05, 3.63) is 47.5 Å². The van der Waals surface area contributed by atoms with Gasteiger partial charge < -0.3 is 19.8 Å². The van der Waals surface area contributed by atoms with Gasteiger partial charge in [-0.2, -0.15) is 0 Å². The standard InChI is InChI=1S/C13H14ClN3O3/c14-11-4-1-5-15-12(11)20-8-6-16-13(18)17-9-10-3-2-7-19-10/h1-5,7H,6,8-9H2,(H2,16,17,18). The van der Waals surface area contributed by atoms with E-state index < -0.39 is 0 Å². The van der Waals surface area contributed by atoms with Gasteiger partial charge in [0.05, 0.1) is 19.4 Å². The van der Waals surface area contributed by atoms with Crippen LogP contribution >= 0.6 is 11.6 Å². The van der Waals surface area contributed by atoms with Crippen LogP contribution in [-0.4, -0.2) is 24.2 Å². The van der Waals surface area contributed by atoms with Gasteiger partial charge in [0.15, 0.2) is 0 Å². The number of ether oxygens (including phenoxy) is 1. The number of aromatic nitrogens is 1. The van der Waals surface area contributed by atoms with Crippen LogP contribution < -0.4 is 15.4 Å². The third kappa shape index (κ3) is 4.47. The van der Waals surface area contributed by atoms with Crippen LogP contribution in [0, 0.1) is 0 Å². The first-order chi connectivity index (χ1) is 9.75. The zero-order chi connectivity index (χ0) is 14.2. The second-order valence-corrected chi connectivity index (χ2v) is 4.23. The van der Waals surface area contributed by atoms with Crippen molar-refractivity contribution in [2.75, 3.05) is 13.2 Å². The van der Waals surface area contributed by atoms with E-state index in [1.807, 2.05) is 0 Å². The molecule has 6 nitrogen and oxygen atoms in total. The summed E-state index contributed by atoms with van der Waals surface area (Å²) in [6.07, 6.45) is 3.14. The highest BCUT2D eigenvalue weighted by Crippen LogP contribution is 2.19. The van der Waals surface area contributed by atoms with Crippen LogP contribution in [0.1, 0.15) is 5.76 Å². The summed E-state index contributed by atoms with van der Waals surface area (Å²) in [5, 5.41) is 5.74. The number of rotatable bonds is 6. The average Bonchev–Trinajstić information content (AvgIpc) is 2.96. The Balaban J connectivity index is 1.61. The van der Waals surface area contributed by atoms with Gasteiger partial charge in [-0.3, -0.25) is 0 Å². The molecule has 106 valence electrons. The van der Waals surface area contributed by atoms with Crippen molar-refractivity contribution in [1.82, 2.24) is 15.6 Å². The second-order valence-electron chi connectivity index (χ2n) is 3.83. The number of pyridine rings is 1. The summed E-state index contributed by atoms with van der Waals surface area (Å²) in [5.41, 5.74) is 0. The largest absolute Gasteiger partial charge is 0.475 e. The number of halogens is 1. The fourth-order valence-corrected chi connectivity index (χ4v) is 1.61. The molecule has 0 aliphatic carbocycles. The minimum absolute atomic E-state index is 0.283. The summed E-state index contributed by atoms with van der Waals surface area (Å²) in [4.78, 5) is 15.4. The van der Waals surface area contributed by atoms with Gasteiger partial charge in [-0.25, -0.2) is 9.78 Å². The Morgan fingerprint density at radius 3 is 3.00 bits per heavy atom. The normalized spacial score (nSPS) is 10.1. The fraction of sp³-hybridized carbons (Fsp3) is 0.231. The van der Waals surface area contributed by atoms with Crippen molar-refractivity contribution in [2.45, 2.75) is 6.54 Å². The van der Waals surface area contributed by atoms with Gasteiger partial charge in [0.25, 0.3) is 0 Å². The molecule has 20 heavy (non-hydrogen) atoms. The van der Waals surface area contributed by atoms with Gasteiger partial charge in [0.1, 0.15) is 17.4 Å². The van der Waals surface area contributed by atoms with Crippen LogP contribution in [-0.2, 0) is 6.54 Å². The molecule has 2 aromatic rings. The fourth-order valence-electron chi connectivity index (χ4n) is 1.43. The predicted molar refractivity (Wildman–Crippen MR) is 73.7 cm³/mol. The summed E-state index contributed by atoms with van der Waals surface area (Å²) in [5.74, 6) is 1.05. The van der Waals surface area contributed by atoms with Crippen LogP contribution in [0.3, 0.4) is 0 Å². The van der Waals surface area contributed by atoms with E-state index in [-0.39, 0.29) is 12.6 Å². The Labute approximate surface area is 121 Å². The van der Waals surface area contributed by atoms with E-state index in [4.69, 9.17) is 20.8 Å². The molecule has 7 heteroatoms. The maximum absolute atomic E-state index is 11.5. The zero-order valence-electron chi connectivity index (χ0n) is 10.6. The molecule has 0 saturated heterocycles. The van der Waals surface area contributed by atoms with Gasteiger partial charge in [-0.15, -0.1) is 0 Å². The van der Waals surface area contributed by atoms with E-state index in [1.54, 1.807) is 36.7 Å². The number of nitrogens with one attached hydrogen (secondary N) is 2. The lowest BCUT2D eigenvalue weighted by Gasteiger charge is -2.08. The second kappa shape index (κ2) is 7.40. The molecule has 2 rings (SSSR count). The Morgan fingerprint density at radius 2 is 2.25 bits per heavy atom. The predicted octanol–water partition coefficient (Wildman–Crippen LogP) is 2.21. The third-order valence-corrected chi connectivity index (χ3v) is 2.64. The van der Waals surface area contributed by atoms with Gasteiger partial charge in [-0.05, 0) is 24.3 Å². The zero-order valence-corrected chi connectivity index (χ0v) is 11.4. The quantitative estimate of drug-likeness (QED) is 0.801. The lowest BCUT2D eigenvalue weighted by atomic mass is 10.4. The highest BCUT2D eigenvalue weighted by Gasteiger charge is 2.03. The maximum atomic E-state index is 11.5. The number of urea groups is 1. The van der Waals surface area contributed by atoms with E-state index in [1.165, 1.54) is 0 Å². The van der Waals surface area contributed by atoms with Gasteiger partial charge in [-0.1, -0.05) is 11.6 Å². The smallest absolute Gasteiger partial charge is 0.315 e. The molecule has 2 N–H and O–H groups in total. The Morgan fingerprint density at radius 1 is 1.35 bits per heavy atom. The van der Waals surface area contributed by atoms with Crippen molar-refractivity contribution >= 4 is 17.6 Å². The molecule has 0 unspecified atom stereocenters. The molecule has 0 aromatic carbocycles. The molecule has 0 aliphatic rings. The first kappa shape index (κ1) is 14.2. The van der Waals surface area contributed by atoms with Crippen LogP contribution in [0.2, 0.25) is 5.02 Å². The summed E-state index contributed by atoms with van der Waals surface area (Å²) in [7, 11) is 0. The van der Waals surface area contributed by atoms with E-state index in [9.17, 15) is 4.79 Å².